The second kappa shape index (κ2) is 8.49. The van der Waals surface area contributed by atoms with Crippen molar-refractivity contribution >= 4 is 16.9 Å². The molecule has 0 bridgehead atoms. The molecule has 1 aliphatic rings. The Hall–Kier alpha value is -3.12. The first-order chi connectivity index (χ1) is 14.1. The first-order valence-electron chi connectivity index (χ1n) is 9.80. The van der Waals surface area contributed by atoms with Crippen molar-refractivity contribution in [1.29, 1.82) is 0 Å². The lowest BCUT2D eigenvalue weighted by Crippen LogP contribution is -2.49. The standard InChI is InChI=1S/C23H24N2O4/c1-17-4-2-3-5-19(17)15-24-10-12-25(13-11-24)22(26)16-28-20-8-6-18-7-9-23(27)29-21(18)14-20/h2-9,14H,10-13,15-16H2,1H3. The fraction of sp³-hybridized carbons (Fsp3) is 0.304. The smallest absolute Gasteiger partial charge is 0.336 e. The number of nitrogens with zero attached hydrogens (tertiary/aromatic N) is 2. The number of fused-ring (bicyclic) bond motifs is 1. The maximum absolute atomic E-state index is 12.5. The van der Waals surface area contributed by atoms with E-state index in [-0.39, 0.29) is 12.5 Å². The highest BCUT2D eigenvalue weighted by Crippen LogP contribution is 2.19. The van der Waals surface area contributed by atoms with Gasteiger partial charge in [0.25, 0.3) is 5.91 Å². The summed E-state index contributed by atoms with van der Waals surface area (Å²) in [5.41, 5.74) is 2.67. The Kier molecular flexibility index (Phi) is 5.62. The molecule has 0 unspecified atom stereocenters. The quantitative estimate of drug-likeness (QED) is 0.625. The lowest BCUT2D eigenvalue weighted by molar-refractivity contribution is -0.135. The van der Waals surface area contributed by atoms with Crippen LogP contribution in [0.5, 0.6) is 5.75 Å². The number of hydrogen-bond acceptors (Lipinski definition) is 5. The zero-order valence-electron chi connectivity index (χ0n) is 16.5. The Labute approximate surface area is 169 Å². The van der Waals surface area contributed by atoms with Gasteiger partial charge < -0.3 is 14.1 Å². The second-order valence-corrected chi connectivity index (χ2v) is 7.33. The Morgan fingerprint density at radius 3 is 2.59 bits per heavy atom. The van der Waals surface area contributed by atoms with E-state index in [0.29, 0.717) is 24.4 Å². The number of amides is 1. The van der Waals surface area contributed by atoms with Crippen LogP contribution in [0.4, 0.5) is 0 Å². The second-order valence-electron chi connectivity index (χ2n) is 7.33. The van der Waals surface area contributed by atoms with E-state index in [1.54, 1.807) is 18.2 Å². The maximum Gasteiger partial charge on any atom is 0.336 e. The predicted molar refractivity (Wildman–Crippen MR) is 111 cm³/mol. The van der Waals surface area contributed by atoms with Crippen molar-refractivity contribution in [3.63, 3.8) is 0 Å². The third kappa shape index (κ3) is 4.66. The Morgan fingerprint density at radius 2 is 1.79 bits per heavy atom. The minimum absolute atomic E-state index is 0.0274. The van der Waals surface area contributed by atoms with Crippen molar-refractivity contribution in [2.75, 3.05) is 32.8 Å². The van der Waals surface area contributed by atoms with Gasteiger partial charge in [-0.25, -0.2) is 4.79 Å². The van der Waals surface area contributed by atoms with Crippen molar-refractivity contribution in [3.8, 4) is 5.75 Å². The SMILES string of the molecule is Cc1ccccc1CN1CCN(C(=O)COc2ccc3ccc(=O)oc3c2)CC1. The van der Waals surface area contributed by atoms with Crippen molar-refractivity contribution in [2.45, 2.75) is 13.5 Å². The lowest BCUT2D eigenvalue weighted by atomic mass is 10.1. The fourth-order valence-corrected chi connectivity index (χ4v) is 3.55. The molecule has 0 spiro atoms. The van der Waals surface area contributed by atoms with Crippen LogP contribution in [0.25, 0.3) is 11.0 Å². The van der Waals surface area contributed by atoms with Crippen molar-refractivity contribution in [2.24, 2.45) is 0 Å². The molecule has 0 radical (unpaired) electrons. The Balaban J connectivity index is 1.29. The number of hydrogen-bond donors (Lipinski definition) is 0. The van der Waals surface area contributed by atoms with Crippen LogP contribution in [0.3, 0.4) is 0 Å². The van der Waals surface area contributed by atoms with E-state index in [0.717, 1.165) is 25.0 Å². The van der Waals surface area contributed by atoms with Gasteiger partial charge in [-0.3, -0.25) is 9.69 Å². The summed E-state index contributed by atoms with van der Waals surface area (Å²) in [6, 6.07) is 16.7. The summed E-state index contributed by atoms with van der Waals surface area (Å²) in [7, 11) is 0. The van der Waals surface area contributed by atoms with E-state index in [1.807, 2.05) is 11.0 Å². The van der Waals surface area contributed by atoms with Crippen LogP contribution in [-0.2, 0) is 11.3 Å². The molecule has 1 amide bonds. The molecular formula is C23H24N2O4. The number of ether oxygens (including phenoxy) is 1. The molecule has 0 saturated carbocycles. The van der Waals surface area contributed by atoms with E-state index in [2.05, 4.69) is 36.1 Å². The van der Waals surface area contributed by atoms with Crippen molar-refractivity contribution < 1.29 is 13.9 Å². The Bertz CT molecular complexity index is 1070. The number of piperazine rings is 1. The molecule has 1 fully saturated rings. The normalized spacial score (nSPS) is 14.9. The van der Waals surface area contributed by atoms with E-state index in [9.17, 15) is 9.59 Å². The predicted octanol–water partition coefficient (Wildman–Crippen LogP) is 2.82. The highest BCUT2D eigenvalue weighted by Gasteiger charge is 2.21. The molecule has 0 aliphatic carbocycles. The molecule has 1 aliphatic heterocycles. The van der Waals surface area contributed by atoms with Gasteiger partial charge in [-0.1, -0.05) is 24.3 Å². The first-order valence-corrected chi connectivity index (χ1v) is 9.80. The molecule has 29 heavy (non-hydrogen) atoms. The van der Waals surface area contributed by atoms with Gasteiger partial charge in [0.15, 0.2) is 6.61 Å². The summed E-state index contributed by atoms with van der Waals surface area (Å²) in [4.78, 5) is 28.1. The monoisotopic (exact) mass is 392 g/mol. The minimum atomic E-state index is -0.408. The molecular weight excluding hydrogens is 368 g/mol. The van der Waals surface area contributed by atoms with Gasteiger partial charge in [0.1, 0.15) is 11.3 Å². The third-order valence-corrected chi connectivity index (χ3v) is 5.34. The average molecular weight is 392 g/mol. The molecule has 2 aromatic carbocycles. The lowest BCUT2D eigenvalue weighted by Gasteiger charge is -2.35. The van der Waals surface area contributed by atoms with Crippen molar-refractivity contribution in [1.82, 2.24) is 9.80 Å². The number of carbonyl (C=O) groups excluding carboxylic acids is 1. The number of rotatable bonds is 5. The van der Waals surface area contributed by atoms with Gasteiger partial charge in [0, 0.05) is 50.2 Å². The number of carbonyl (C=O) groups is 1. The summed E-state index contributed by atoms with van der Waals surface area (Å²) in [5, 5.41) is 0.813. The van der Waals surface area contributed by atoms with Crippen LogP contribution >= 0.6 is 0 Å². The zero-order chi connectivity index (χ0) is 20.2. The molecule has 1 aromatic heterocycles. The molecule has 0 N–H and O–H groups in total. The van der Waals surface area contributed by atoms with Gasteiger partial charge in [-0.15, -0.1) is 0 Å². The first kappa shape index (κ1) is 19.2. The summed E-state index contributed by atoms with van der Waals surface area (Å²) < 4.78 is 10.8. The topological polar surface area (TPSA) is 63.0 Å². The largest absolute Gasteiger partial charge is 0.484 e. The van der Waals surface area contributed by atoms with Crippen molar-refractivity contribution in [3.05, 3.63) is 76.1 Å². The summed E-state index contributed by atoms with van der Waals surface area (Å²) in [6.45, 7) is 6.10. The summed E-state index contributed by atoms with van der Waals surface area (Å²) in [5.74, 6) is 0.480. The summed E-state index contributed by atoms with van der Waals surface area (Å²) in [6.07, 6.45) is 0. The maximum atomic E-state index is 12.5. The number of benzene rings is 2. The highest BCUT2D eigenvalue weighted by atomic mass is 16.5. The molecule has 3 aromatic rings. The van der Waals surface area contributed by atoms with Crippen LogP contribution in [0.15, 0.2) is 63.8 Å². The molecule has 0 atom stereocenters. The van der Waals surface area contributed by atoms with Gasteiger partial charge in [0.05, 0.1) is 0 Å². The fourth-order valence-electron chi connectivity index (χ4n) is 3.55. The van der Waals surface area contributed by atoms with E-state index in [1.165, 1.54) is 17.2 Å². The number of aryl methyl sites for hydroxylation is 1. The molecule has 150 valence electrons. The third-order valence-electron chi connectivity index (χ3n) is 5.34. The van der Waals surface area contributed by atoms with Crippen LogP contribution in [0.2, 0.25) is 0 Å². The van der Waals surface area contributed by atoms with Crippen LogP contribution in [0, 0.1) is 6.92 Å². The van der Waals surface area contributed by atoms with Crippen LogP contribution in [0.1, 0.15) is 11.1 Å². The van der Waals surface area contributed by atoms with Crippen LogP contribution in [-0.4, -0.2) is 48.5 Å². The zero-order valence-corrected chi connectivity index (χ0v) is 16.5. The van der Waals surface area contributed by atoms with Crippen LogP contribution < -0.4 is 10.4 Å². The van der Waals surface area contributed by atoms with E-state index < -0.39 is 5.63 Å². The summed E-state index contributed by atoms with van der Waals surface area (Å²) >= 11 is 0. The van der Waals surface area contributed by atoms with Gasteiger partial charge in [-0.05, 0) is 36.2 Å². The molecule has 4 rings (SSSR count). The average Bonchev–Trinajstić information content (AvgIpc) is 2.74. The van der Waals surface area contributed by atoms with Gasteiger partial charge >= 0.3 is 5.63 Å². The molecule has 6 nitrogen and oxygen atoms in total. The van der Waals surface area contributed by atoms with E-state index in [4.69, 9.17) is 9.15 Å². The van der Waals surface area contributed by atoms with Gasteiger partial charge in [0.2, 0.25) is 0 Å². The minimum Gasteiger partial charge on any atom is -0.484 e. The molecule has 1 saturated heterocycles. The molecule has 2 heterocycles. The Morgan fingerprint density at radius 1 is 1.03 bits per heavy atom. The van der Waals surface area contributed by atoms with E-state index >= 15 is 0 Å². The molecule has 6 heteroatoms. The highest BCUT2D eigenvalue weighted by molar-refractivity contribution is 5.79. The van der Waals surface area contributed by atoms with Gasteiger partial charge in [-0.2, -0.15) is 0 Å².